The summed E-state index contributed by atoms with van der Waals surface area (Å²) in [5, 5.41) is 1.11. The lowest BCUT2D eigenvalue weighted by molar-refractivity contribution is -0.145. The van der Waals surface area contributed by atoms with E-state index in [1.54, 1.807) is 12.1 Å². The van der Waals surface area contributed by atoms with Gasteiger partial charge in [-0.05, 0) is 24.0 Å². The standard InChI is InChI=1S/C18H25NO4S/c1-5-12-19(17(14-15(2)3)18(20)23-4)24(21,22)13-11-16-9-7-6-8-10-16/h5-11,13,15,17H,1,12,14H2,2-4H3/b13-11+/t17-/m0/s1. The van der Waals surface area contributed by atoms with Crippen LogP contribution < -0.4 is 0 Å². The van der Waals surface area contributed by atoms with Crippen molar-refractivity contribution in [2.75, 3.05) is 13.7 Å². The van der Waals surface area contributed by atoms with Crippen LogP contribution in [0.2, 0.25) is 0 Å². The summed E-state index contributed by atoms with van der Waals surface area (Å²) in [4.78, 5) is 12.1. The topological polar surface area (TPSA) is 63.7 Å². The SMILES string of the molecule is C=CCN([C@@H](CC(C)C)C(=O)OC)S(=O)(=O)/C=C/c1ccccc1. The van der Waals surface area contributed by atoms with E-state index in [2.05, 4.69) is 6.58 Å². The summed E-state index contributed by atoms with van der Waals surface area (Å²) in [6, 6.07) is 8.23. The molecule has 24 heavy (non-hydrogen) atoms. The van der Waals surface area contributed by atoms with Gasteiger partial charge in [0.15, 0.2) is 0 Å². The molecule has 0 saturated heterocycles. The van der Waals surface area contributed by atoms with E-state index in [0.29, 0.717) is 6.42 Å². The number of ether oxygens (including phenoxy) is 1. The van der Waals surface area contributed by atoms with Gasteiger partial charge in [-0.2, -0.15) is 4.31 Å². The number of carbonyl (C=O) groups is 1. The molecule has 0 unspecified atom stereocenters. The third-order valence-electron chi connectivity index (χ3n) is 3.38. The van der Waals surface area contributed by atoms with E-state index in [1.165, 1.54) is 19.3 Å². The lowest BCUT2D eigenvalue weighted by Crippen LogP contribution is -2.45. The largest absolute Gasteiger partial charge is 0.468 e. The molecule has 0 aliphatic rings. The Morgan fingerprint density at radius 3 is 2.42 bits per heavy atom. The first-order chi connectivity index (χ1) is 11.3. The molecule has 5 nitrogen and oxygen atoms in total. The highest BCUT2D eigenvalue weighted by Gasteiger charge is 2.34. The van der Waals surface area contributed by atoms with Crippen LogP contribution in [0.5, 0.6) is 0 Å². The first-order valence-corrected chi connectivity index (χ1v) is 9.25. The van der Waals surface area contributed by atoms with Crippen LogP contribution in [0.3, 0.4) is 0 Å². The summed E-state index contributed by atoms with van der Waals surface area (Å²) in [5.41, 5.74) is 0.762. The zero-order chi connectivity index (χ0) is 18.2. The fourth-order valence-corrected chi connectivity index (χ4v) is 3.58. The fourth-order valence-electron chi connectivity index (χ4n) is 2.26. The second kappa shape index (κ2) is 9.39. The van der Waals surface area contributed by atoms with Crippen LogP contribution in [-0.4, -0.2) is 38.4 Å². The van der Waals surface area contributed by atoms with Gasteiger partial charge in [0.1, 0.15) is 6.04 Å². The van der Waals surface area contributed by atoms with Crippen molar-refractivity contribution in [3.05, 3.63) is 54.0 Å². The Bertz CT molecular complexity index is 666. The highest BCUT2D eigenvalue weighted by molar-refractivity contribution is 7.92. The van der Waals surface area contributed by atoms with Crippen LogP contribution in [0.4, 0.5) is 0 Å². The van der Waals surface area contributed by atoms with E-state index < -0.39 is 22.0 Å². The molecule has 0 radical (unpaired) electrons. The molecule has 0 spiro atoms. The maximum Gasteiger partial charge on any atom is 0.324 e. The van der Waals surface area contributed by atoms with Crippen molar-refractivity contribution >= 4 is 22.1 Å². The Labute approximate surface area is 144 Å². The van der Waals surface area contributed by atoms with Crippen LogP contribution in [0.15, 0.2) is 48.4 Å². The summed E-state index contributed by atoms with van der Waals surface area (Å²) < 4.78 is 31.4. The Balaban J connectivity index is 3.16. The number of nitrogens with zero attached hydrogens (tertiary/aromatic N) is 1. The van der Waals surface area contributed by atoms with Gasteiger partial charge >= 0.3 is 5.97 Å². The number of hydrogen-bond donors (Lipinski definition) is 0. The van der Waals surface area contributed by atoms with Gasteiger partial charge in [0.25, 0.3) is 0 Å². The van der Waals surface area contributed by atoms with E-state index in [4.69, 9.17) is 4.74 Å². The van der Waals surface area contributed by atoms with Gasteiger partial charge in [-0.25, -0.2) is 8.42 Å². The van der Waals surface area contributed by atoms with Gasteiger partial charge in [0, 0.05) is 12.0 Å². The monoisotopic (exact) mass is 351 g/mol. The third-order valence-corrected chi connectivity index (χ3v) is 4.92. The molecule has 0 N–H and O–H groups in total. The molecule has 0 bridgehead atoms. The first kappa shape index (κ1) is 20.1. The maximum atomic E-state index is 12.7. The van der Waals surface area contributed by atoms with E-state index in [9.17, 15) is 13.2 Å². The van der Waals surface area contributed by atoms with E-state index in [1.807, 2.05) is 32.0 Å². The van der Waals surface area contributed by atoms with Crippen molar-refractivity contribution in [2.45, 2.75) is 26.3 Å². The number of rotatable bonds is 9. The predicted octanol–water partition coefficient (Wildman–Crippen LogP) is 3.06. The second-order valence-corrected chi connectivity index (χ2v) is 7.56. The van der Waals surface area contributed by atoms with Crippen molar-refractivity contribution in [3.63, 3.8) is 0 Å². The second-order valence-electron chi connectivity index (χ2n) is 5.79. The minimum absolute atomic E-state index is 0.0357. The minimum Gasteiger partial charge on any atom is -0.468 e. The number of esters is 1. The predicted molar refractivity (Wildman–Crippen MR) is 96.6 cm³/mol. The molecule has 0 saturated carbocycles. The van der Waals surface area contributed by atoms with Crippen LogP contribution in [-0.2, 0) is 19.6 Å². The smallest absolute Gasteiger partial charge is 0.324 e. The van der Waals surface area contributed by atoms with Gasteiger partial charge < -0.3 is 4.74 Å². The summed E-state index contributed by atoms with van der Waals surface area (Å²) in [7, 11) is -2.54. The molecule has 1 rings (SSSR count). The van der Waals surface area contributed by atoms with Gasteiger partial charge in [-0.3, -0.25) is 4.79 Å². The first-order valence-electron chi connectivity index (χ1n) is 7.75. The summed E-state index contributed by atoms with van der Waals surface area (Å²) >= 11 is 0. The summed E-state index contributed by atoms with van der Waals surface area (Å²) in [6.07, 6.45) is 3.35. The molecule has 1 aromatic rings. The van der Waals surface area contributed by atoms with Crippen molar-refractivity contribution < 1.29 is 17.9 Å². The molecule has 0 amide bonds. The molecule has 0 fully saturated rings. The summed E-state index contributed by atoms with van der Waals surface area (Å²) in [6.45, 7) is 7.48. The Hall–Kier alpha value is -1.92. The number of benzene rings is 1. The fraction of sp³-hybridized carbons (Fsp3) is 0.389. The zero-order valence-electron chi connectivity index (χ0n) is 14.4. The van der Waals surface area contributed by atoms with E-state index in [-0.39, 0.29) is 12.5 Å². The number of methoxy groups -OCH3 is 1. The van der Waals surface area contributed by atoms with Gasteiger partial charge in [0.05, 0.1) is 7.11 Å². The van der Waals surface area contributed by atoms with Crippen molar-refractivity contribution in [3.8, 4) is 0 Å². The molecule has 6 heteroatoms. The highest BCUT2D eigenvalue weighted by atomic mass is 32.2. The number of carbonyl (C=O) groups excluding carboxylic acids is 1. The van der Waals surface area contributed by atoms with Gasteiger partial charge in [0.2, 0.25) is 10.0 Å². The zero-order valence-corrected chi connectivity index (χ0v) is 15.2. The van der Waals surface area contributed by atoms with E-state index >= 15 is 0 Å². The molecular weight excluding hydrogens is 326 g/mol. The molecule has 132 valence electrons. The average Bonchev–Trinajstić information content (AvgIpc) is 2.56. The normalized spacial score (nSPS) is 13.4. The molecular formula is C18H25NO4S. The number of sulfonamides is 1. The van der Waals surface area contributed by atoms with Crippen molar-refractivity contribution in [1.29, 1.82) is 0 Å². The minimum atomic E-state index is -3.80. The lowest BCUT2D eigenvalue weighted by atomic mass is 10.0. The number of hydrogen-bond acceptors (Lipinski definition) is 4. The molecule has 0 aromatic heterocycles. The average molecular weight is 351 g/mol. The maximum absolute atomic E-state index is 12.7. The van der Waals surface area contributed by atoms with Crippen LogP contribution >= 0.6 is 0 Å². The Kier molecular flexibility index (Phi) is 7.88. The molecule has 1 atom stereocenters. The van der Waals surface area contributed by atoms with Gasteiger partial charge in [-0.15, -0.1) is 6.58 Å². The highest BCUT2D eigenvalue weighted by Crippen LogP contribution is 2.19. The molecule has 1 aromatic carbocycles. The van der Waals surface area contributed by atoms with Gasteiger partial charge in [-0.1, -0.05) is 50.3 Å². The van der Waals surface area contributed by atoms with Crippen molar-refractivity contribution in [1.82, 2.24) is 4.31 Å². The van der Waals surface area contributed by atoms with Crippen LogP contribution in [0.25, 0.3) is 6.08 Å². The van der Waals surface area contributed by atoms with Crippen LogP contribution in [0.1, 0.15) is 25.8 Å². The molecule has 0 aliphatic carbocycles. The lowest BCUT2D eigenvalue weighted by Gasteiger charge is -2.28. The Morgan fingerprint density at radius 2 is 1.92 bits per heavy atom. The quantitative estimate of drug-likeness (QED) is 0.507. The van der Waals surface area contributed by atoms with E-state index in [0.717, 1.165) is 15.3 Å². The molecule has 0 aliphatic heterocycles. The Morgan fingerprint density at radius 1 is 1.29 bits per heavy atom. The van der Waals surface area contributed by atoms with Crippen LogP contribution in [0, 0.1) is 5.92 Å². The molecule has 0 heterocycles. The summed E-state index contributed by atoms with van der Waals surface area (Å²) in [5.74, 6) is -0.433. The third kappa shape index (κ3) is 5.94. The van der Waals surface area contributed by atoms with Crippen molar-refractivity contribution in [2.24, 2.45) is 5.92 Å².